The van der Waals surface area contributed by atoms with Crippen LogP contribution in [0.2, 0.25) is 0 Å². The van der Waals surface area contributed by atoms with E-state index in [-0.39, 0.29) is 12.4 Å². The quantitative estimate of drug-likeness (QED) is 0.650. The summed E-state index contributed by atoms with van der Waals surface area (Å²) in [6, 6.07) is 5.44. The highest BCUT2D eigenvalue weighted by atomic mass is 16.5. The van der Waals surface area contributed by atoms with Crippen molar-refractivity contribution in [3.8, 4) is 11.5 Å². The zero-order valence-corrected chi connectivity index (χ0v) is 13.9. The van der Waals surface area contributed by atoms with Gasteiger partial charge < -0.3 is 19.9 Å². The summed E-state index contributed by atoms with van der Waals surface area (Å²) in [5.41, 5.74) is 0.570. The molecule has 22 heavy (non-hydrogen) atoms. The molecule has 0 saturated heterocycles. The highest BCUT2D eigenvalue weighted by molar-refractivity contribution is 5.94. The van der Waals surface area contributed by atoms with Crippen molar-refractivity contribution in [3.05, 3.63) is 23.8 Å². The Hall–Kier alpha value is -1.59. The molecule has 5 nitrogen and oxygen atoms in total. The van der Waals surface area contributed by atoms with Gasteiger partial charge >= 0.3 is 0 Å². The lowest BCUT2D eigenvalue weighted by atomic mass is 10.1. The Labute approximate surface area is 132 Å². The number of carbonyl (C=O) groups is 1. The number of Topliss-reactive ketones (excluding diaryl/α,β-unsaturated/α-hetero) is 1. The van der Waals surface area contributed by atoms with E-state index in [1.54, 1.807) is 18.2 Å². The number of hydrogen-bond acceptors (Lipinski definition) is 5. The molecule has 0 saturated carbocycles. The molecule has 0 aliphatic carbocycles. The van der Waals surface area contributed by atoms with E-state index in [4.69, 9.17) is 9.47 Å². The van der Waals surface area contributed by atoms with Crippen molar-refractivity contribution in [1.82, 2.24) is 5.32 Å². The summed E-state index contributed by atoms with van der Waals surface area (Å²) in [5, 5.41) is 13.3. The van der Waals surface area contributed by atoms with Gasteiger partial charge in [0.2, 0.25) is 0 Å². The van der Waals surface area contributed by atoms with Crippen LogP contribution < -0.4 is 14.8 Å². The lowest BCUT2D eigenvalue weighted by Gasteiger charge is -2.19. The molecule has 2 N–H and O–H groups in total. The Kier molecular flexibility index (Phi) is 7.91. The molecule has 0 spiro atoms. The first kappa shape index (κ1) is 18.5. The predicted octanol–water partition coefficient (Wildman–Crippen LogP) is 2.42. The maximum Gasteiger partial charge on any atom is 0.161 e. The Morgan fingerprint density at radius 2 is 1.95 bits per heavy atom. The summed E-state index contributed by atoms with van der Waals surface area (Å²) in [7, 11) is 1.52. The van der Waals surface area contributed by atoms with Crippen LogP contribution in [0.15, 0.2) is 18.2 Å². The average molecular weight is 309 g/mol. The van der Waals surface area contributed by atoms with E-state index < -0.39 is 6.10 Å². The molecule has 0 radical (unpaired) electrons. The van der Waals surface area contributed by atoms with Crippen molar-refractivity contribution in [1.29, 1.82) is 0 Å². The zero-order valence-electron chi connectivity index (χ0n) is 13.9. The summed E-state index contributed by atoms with van der Waals surface area (Å²) in [4.78, 5) is 11.4. The molecule has 5 heteroatoms. The number of hydrogen-bond donors (Lipinski definition) is 2. The monoisotopic (exact) mass is 309 g/mol. The highest BCUT2D eigenvalue weighted by Crippen LogP contribution is 2.28. The van der Waals surface area contributed by atoms with Gasteiger partial charge in [0.1, 0.15) is 12.7 Å². The minimum absolute atomic E-state index is 0.0285. The van der Waals surface area contributed by atoms with E-state index in [1.807, 2.05) is 0 Å². The molecule has 0 heterocycles. The molecule has 1 aromatic carbocycles. The van der Waals surface area contributed by atoms with Gasteiger partial charge in [0, 0.05) is 18.2 Å². The number of carbonyl (C=O) groups excluding carboxylic acids is 1. The number of methoxy groups -OCH3 is 1. The first-order valence-electron chi connectivity index (χ1n) is 7.74. The fourth-order valence-corrected chi connectivity index (χ4v) is 2.13. The van der Waals surface area contributed by atoms with Gasteiger partial charge in [0.15, 0.2) is 17.3 Å². The normalized spacial score (nSPS) is 12.3. The predicted molar refractivity (Wildman–Crippen MR) is 86.9 cm³/mol. The second-order valence-corrected chi connectivity index (χ2v) is 5.31. The van der Waals surface area contributed by atoms with Crippen LogP contribution >= 0.6 is 0 Å². The van der Waals surface area contributed by atoms with Crippen LogP contribution in [0.4, 0.5) is 0 Å². The second-order valence-electron chi connectivity index (χ2n) is 5.31. The largest absolute Gasteiger partial charge is 0.493 e. The molecule has 0 aliphatic heterocycles. The minimum atomic E-state index is -0.599. The van der Waals surface area contributed by atoms with E-state index in [1.165, 1.54) is 14.0 Å². The van der Waals surface area contributed by atoms with Crippen molar-refractivity contribution in [3.63, 3.8) is 0 Å². The van der Waals surface area contributed by atoms with Gasteiger partial charge in [-0.1, -0.05) is 13.8 Å². The zero-order chi connectivity index (χ0) is 16.5. The second kappa shape index (κ2) is 9.43. The lowest BCUT2D eigenvalue weighted by molar-refractivity contribution is 0.100. The van der Waals surface area contributed by atoms with E-state index in [0.29, 0.717) is 29.6 Å². The molecule has 0 bridgehead atoms. The maximum absolute atomic E-state index is 11.4. The van der Waals surface area contributed by atoms with Crippen LogP contribution in [0.1, 0.15) is 44.0 Å². The van der Waals surface area contributed by atoms with Crippen molar-refractivity contribution in [2.45, 2.75) is 45.8 Å². The summed E-state index contributed by atoms with van der Waals surface area (Å²) < 4.78 is 10.8. The number of aliphatic hydroxyl groups excluding tert-OH is 1. The Bertz CT molecular complexity index is 472. The molecule has 0 fully saturated rings. The minimum Gasteiger partial charge on any atom is -0.493 e. The molecule has 0 aliphatic rings. The van der Waals surface area contributed by atoms with Crippen molar-refractivity contribution in [2.75, 3.05) is 20.3 Å². The van der Waals surface area contributed by atoms with Gasteiger partial charge in [0.05, 0.1) is 7.11 Å². The van der Waals surface area contributed by atoms with Gasteiger partial charge in [-0.3, -0.25) is 4.79 Å². The van der Waals surface area contributed by atoms with Crippen LogP contribution in [-0.4, -0.2) is 43.3 Å². The summed E-state index contributed by atoms with van der Waals surface area (Å²) in [6.07, 6.45) is 1.47. The average Bonchev–Trinajstić information content (AvgIpc) is 2.53. The van der Waals surface area contributed by atoms with Gasteiger partial charge in [-0.15, -0.1) is 0 Å². The Balaban J connectivity index is 2.54. The van der Waals surface area contributed by atoms with Gasteiger partial charge in [-0.25, -0.2) is 0 Å². The van der Waals surface area contributed by atoms with Crippen LogP contribution in [0.25, 0.3) is 0 Å². The fourth-order valence-electron chi connectivity index (χ4n) is 2.13. The van der Waals surface area contributed by atoms with E-state index >= 15 is 0 Å². The third-order valence-electron chi connectivity index (χ3n) is 3.63. The molecular formula is C17H27NO4. The van der Waals surface area contributed by atoms with Gasteiger partial charge in [-0.2, -0.15) is 0 Å². The third kappa shape index (κ3) is 5.66. The fraction of sp³-hybridized carbons (Fsp3) is 0.588. The Morgan fingerprint density at radius 1 is 1.27 bits per heavy atom. The van der Waals surface area contributed by atoms with Crippen LogP contribution in [-0.2, 0) is 0 Å². The number of ether oxygens (including phenoxy) is 2. The topological polar surface area (TPSA) is 67.8 Å². The first-order valence-corrected chi connectivity index (χ1v) is 7.74. The van der Waals surface area contributed by atoms with Crippen molar-refractivity contribution >= 4 is 5.78 Å². The number of ketones is 1. The molecule has 124 valence electrons. The summed E-state index contributed by atoms with van der Waals surface area (Å²) in [5.74, 6) is 0.987. The lowest BCUT2D eigenvalue weighted by Crippen LogP contribution is -2.37. The molecule has 0 amide bonds. The van der Waals surface area contributed by atoms with Gasteiger partial charge in [-0.05, 0) is 38.0 Å². The number of nitrogens with one attached hydrogen (secondary N) is 1. The summed E-state index contributed by atoms with van der Waals surface area (Å²) >= 11 is 0. The first-order chi connectivity index (χ1) is 10.5. The molecular weight excluding hydrogens is 282 g/mol. The molecule has 1 rings (SSSR count). The maximum atomic E-state index is 11.4. The van der Waals surface area contributed by atoms with Crippen molar-refractivity contribution < 1.29 is 19.4 Å². The van der Waals surface area contributed by atoms with E-state index in [0.717, 1.165) is 12.8 Å². The number of rotatable bonds is 10. The van der Waals surface area contributed by atoms with Crippen LogP contribution in [0.3, 0.4) is 0 Å². The van der Waals surface area contributed by atoms with Crippen LogP contribution in [0.5, 0.6) is 11.5 Å². The van der Waals surface area contributed by atoms with E-state index in [2.05, 4.69) is 19.2 Å². The standard InChI is InChI=1S/C17H27NO4/c1-5-14(6-2)18-10-15(20)11-22-16-8-7-13(12(3)19)9-17(16)21-4/h7-9,14-15,18,20H,5-6,10-11H2,1-4H3. The highest BCUT2D eigenvalue weighted by Gasteiger charge is 2.12. The molecule has 1 aromatic rings. The molecule has 1 atom stereocenters. The smallest absolute Gasteiger partial charge is 0.161 e. The Morgan fingerprint density at radius 3 is 2.50 bits per heavy atom. The van der Waals surface area contributed by atoms with Crippen molar-refractivity contribution in [2.24, 2.45) is 0 Å². The third-order valence-corrected chi connectivity index (χ3v) is 3.63. The van der Waals surface area contributed by atoms with Crippen LogP contribution in [0, 0.1) is 0 Å². The summed E-state index contributed by atoms with van der Waals surface area (Å²) in [6.45, 7) is 6.39. The number of aliphatic hydroxyl groups is 1. The van der Waals surface area contributed by atoms with E-state index in [9.17, 15) is 9.90 Å². The van der Waals surface area contributed by atoms with Gasteiger partial charge in [0.25, 0.3) is 0 Å². The molecule has 1 unspecified atom stereocenters. The number of benzene rings is 1. The molecule has 0 aromatic heterocycles. The SMILES string of the molecule is CCC(CC)NCC(O)COc1ccc(C(C)=O)cc1OC.